The molecule has 1 atom stereocenters. The summed E-state index contributed by atoms with van der Waals surface area (Å²) in [6.45, 7) is 9.32. The Hall–Kier alpha value is -1.74. The first-order chi connectivity index (χ1) is 9.43. The summed E-state index contributed by atoms with van der Waals surface area (Å²) in [5, 5.41) is 0. The Kier molecular flexibility index (Phi) is 4.19. The molecule has 0 bridgehead atoms. The van der Waals surface area contributed by atoms with E-state index in [4.69, 9.17) is 5.73 Å². The standard InChI is InChI=1S/C17H23N3/c1-12-10-13(17(2,3)4)6-7-14(12)15(11-18)16-19-8-5-9-20-16/h5-10,15H,11,18H2,1-4H3. The first-order valence-electron chi connectivity index (χ1n) is 7.01. The van der Waals surface area contributed by atoms with Crippen LogP contribution in [0.15, 0.2) is 36.7 Å². The van der Waals surface area contributed by atoms with E-state index >= 15 is 0 Å². The first-order valence-corrected chi connectivity index (χ1v) is 7.01. The maximum absolute atomic E-state index is 5.95. The van der Waals surface area contributed by atoms with Crippen molar-refractivity contribution in [3.05, 3.63) is 59.2 Å². The lowest BCUT2D eigenvalue weighted by Gasteiger charge is -2.22. The third kappa shape index (κ3) is 3.05. The van der Waals surface area contributed by atoms with E-state index in [0.717, 1.165) is 5.82 Å². The third-order valence-corrected chi connectivity index (χ3v) is 3.64. The summed E-state index contributed by atoms with van der Waals surface area (Å²) in [6, 6.07) is 8.44. The van der Waals surface area contributed by atoms with E-state index in [0.29, 0.717) is 6.54 Å². The molecule has 0 amide bonds. The van der Waals surface area contributed by atoms with Crippen LogP contribution < -0.4 is 5.73 Å². The minimum atomic E-state index is 0.0604. The minimum absolute atomic E-state index is 0.0604. The highest BCUT2D eigenvalue weighted by atomic mass is 14.9. The van der Waals surface area contributed by atoms with Gasteiger partial charge in [0.25, 0.3) is 0 Å². The summed E-state index contributed by atoms with van der Waals surface area (Å²) in [5.41, 5.74) is 9.91. The van der Waals surface area contributed by atoms with E-state index in [-0.39, 0.29) is 11.3 Å². The van der Waals surface area contributed by atoms with Crippen LogP contribution in [-0.4, -0.2) is 16.5 Å². The smallest absolute Gasteiger partial charge is 0.136 e. The van der Waals surface area contributed by atoms with E-state index in [2.05, 4.69) is 55.9 Å². The molecule has 3 nitrogen and oxygen atoms in total. The van der Waals surface area contributed by atoms with Crippen LogP contribution in [0.5, 0.6) is 0 Å². The summed E-state index contributed by atoms with van der Waals surface area (Å²) in [7, 11) is 0. The van der Waals surface area contributed by atoms with Crippen molar-refractivity contribution in [2.24, 2.45) is 5.73 Å². The van der Waals surface area contributed by atoms with E-state index in [1.54, 1.807) is 12.4 Å². The van der Waals surface area contributed by atoms with E-state index in [9.17, 15) is 0 Å². The second-order valence-electron chi connectivity index (χ2n) is 6.22. The van der Waals surface area contributed by atoms with Crippen LogP contribution in [0.4, 0.5) is 0 Å². The van der Waals surface area contributed by atoms with Gasteiger partial charge < -0.3 is 5.73 Å². The Morgan fingerprint density at radius 3 is 2.30 bits per heavy atom. The summed E-state index contributed by atoms with van der Waals surface area (Å²) in [6.07, 6.45) is 3.54. The molecule has 0 radical (unpaired) electrons. The minimum Gasteiger partial charge on any atom is -0.329 e. The first kappa shape index (κ1) is 14.7. The van der Waals surface area contributed by atoms with Gasteiger partial charge in [-0.2, -0.15) is 0 Å². The monoisotopic (exact) mass is 269 g/mol. The van der Waals surface area contributed by atoms with Gasteiger partial charge in [0.15, 0.2) is 0 Å². The number of nitrogens with zero attached hydrogens (tertiary/aromatic N) is 2. The number of benzene rings is 1. The molecule has 0 aliphatic carbocycles. The van der Waals surface area contributed by atoms with E-state index in [1.807, 2.05) is 6.07 Å². The molecule has 106 valence electrons. The third-order valence-electron chi connectivity index (χ3n) is 3.64. The molecule has 1 unspecified atom stereocenters. The maximum Gasteiger partial charge on any atom is 0.136 e. The van der Waals surface area contributed by atoms with Crippen molar-refractivity contribution < 1.29 is 0 Å². The molecule has 3 heteroatoms. The van der Waals surface area contributed by atoms with Gasteiger partial charge in [0.05, 0.1) is 5.92 Å². The number of aromatic nitrogens is 2. The molecule has 1 aromatic heterocycles. The van der Waals surface area contributed by atoms with Gasteiger partial charge in [-0.15, -0.1) is 0 Å². The van der Waals surface area contributed by atoms with Gasteiger partial charge in [0.1, 0.15) is 5.82 Å². The summed E-state index contributed by atoms with van der Waals surface area (Å²) in [5.74, 6) is 0.854. The van der Waals surface area contributed by atoms with Crippen molar-refractivity contribution in [1.82, 2.24) is 9.97 Å². The summed E-state index contributed by atoms with van der Waals surface area (Å²) >= 11 is 0. The number of rotatable bonds is 3. The van der Waals surface area contributed by atoms with Gasteiger partial charge in [-0.1, -0.05) is 39.0 Å². The average molecular weight is 269 g/mol. The Morgan fingerprint density at radius 2 is 1.80 bits per heavy atom. The lowest BCUT2D eigenvalue weighted by molar-refractivity contribution is 0.589. The molecule has 0 aliphatic rings. The van der Waals surface area contributed by atoms with Gasteiger partial charge in [-0.05, 0) is 35.1 Å². The fourth-order valence-corrected chi connectivity index (χ4v) is 2.40. The molecule has 1 heterocycles. The normalized spacial score (nSPS) is 13.2. The van der Waals surface area contributed by atoms with Crippen molar-refractivity contribution >= 4 is 0 Å². The zero-order valence-electron chi connectivity index (χ0n) is 12.7. The van der Waals surface area contributed by atoms with Crippen molar-refractivity contribution in [1.29, 1.82) is 0 Å². The topological polar surface area (TPSA) is 51.8 Å². The number of hydrogen-bond donors (Lipinski definition) is 1. The van der Waals surface area contributed by atoms with Gasteiger partial charge in [0, 0.05) is 18.9 Å². The number of hydrogen-bond acceptors (Lipinski definition) is 3. The fraction of sp³-hybridized carbons (Fsp3) is 0.412. The van der Waals surface area contributed by atoms with Crippen molar-refractivity contribution in [3.8, 4) is 0 Å². The quantitative estimate of drug-likeness (QED) is 0.931. The van der Waals surface area contributed by atoms with Crippen LogP contribution in [0.2, 0.25) is 0 Å². The SMILES string of the molecule is Cc1cc(C(C)(C)C)ccc1C(CN)c1ncccn1. The zero-order chi connectivity index (χ0) is 14.8. The Balaban J connectivity index is 2.42. The largest absolute Gasteiger partial charge is 0.329 e. The fourth-order valence-electron chi connectivity index (χ4n) is 2.40. The van der Waals surface area contributed by atoms with Gasteiger partial charge >= 0.3 is 0 Å². The molecule has 0 saturated heterocycles. The Bertz CT molecular complexity index is 571. The number of aryl methyl sites for hydroxylation is 1. The molecule has 0 aliphatic heterocycles. The van der Waals surface area contributed by atoms with E-state index < -0.39 is 0 Å². The lowest BCUT2D eigenvalue weighted by Crippen LogP contribution is -2.18. The molecule has 0 fully saturated rings. The van der Waals surface area contributed by atoms with Crippen LogP contribution in [0, 0.1) is 6.92 Å². The van der Waals surface area contributed by atoms with Crippen molar-refractivity contribution in [3.63, 3.8) is 0 Å². The Labute approximate surface area is 121 Å². The summed E-state index contributed by atoms with van der Waals surface area (Å²) < 4.78 is 0. The van der Waals surface area contributed by atoms with Crippen molar-refractivity contribution in [2.75, 3.05) is 6.54 Å². The molecule has 2 aromatic rings. The Morgan fingerprint density at radius 1 is 1.15 bits per heavy atom. The molecule has 0 spiro atoms. The van der Waals surface area contributed by atoms with Crippen LogP contribution in [0.1, 0.15) is 49.2 Å². The lowest BCUT2D eigenvalue weighted by atomic mass is 9.83. The van der Waals surface area contributed by atoms with Crippen molar-refractivity contribution in [2.45, 2.75) is 39.0 Å². The highest BCUT2D eigenvalue weighted by Crippen LogP contribution is 2.29. The maximum atomic E-state index is 5.95. The highest BCUT2D eigenvalue weighted by Gasteiger charge is 2.20. The predicted octanol–water partition coefficient (Wildman–Crippen LogP) is 3.17. The van der Waals surface area contributed by atoms with Crippen LogP contribution in [-0.2, 0) is 5.41 Å². The molecule has 2 N–H and O–H groups in total. The molecule has 2 rings (SSSR count). The van der Waals surface area contributed by atoms with Gasteiger partial charge in [-0.25, -0.2) is 9.97 Å². The van der Waals surface area contributed by atoms with Crippen LogP contribution in [0.25, 0.3) is 0 Å². The molecular weight excluding hydrogens is 246 g/mol. The highest BCUT2D eigenvalue weighted by molar-refractivity contribution is 5.39. The van der Waals surface area contributed by atoms with Gasteiger partial charge in [-0.3, -0.25) is 0 Å². The van der Waals surface area contributed by atoms with Crippen LogP contribution in [0.3, 0.4) is 0 Å². The predicted molar refractivity (Wildman–Crippen MR) is 82.8 cm³/mol. The molecule has 0 saturated carbocycles. The average Bonchev–Trinajstić information content (AvgIpc) is 2.41. The number of nitrogens with two attached hydrogens (primary N) is 1. The van der Waals surface area contributed by atoms with Crippen LogP contribution >= 0.6 is 0 Å². The van der Waals surface area contributed by atoms with Gasteiger partial charge in [0.2, 0.25) is 0 Å². The van der Waals surface area contributed by atoms with E-state index in [1.165, 1.54) is 16.7 Å². The molecule has 1 aromatic carbocycles. The summed E-state index contributed by atoms with van der Waals surface area (Å²) in [4.78, 5) is 8.69. The molecule has 20 heavy (non-hydrogen) atoms. The second-order valence-corrected chi connectivity index (χ2v) is 6.22. The zero-order valence-corrected chi connectivity index (χ0v) is 12.7. The molecular formula is C17H23N3. The second kappa shape index (κ2) is 5.71.